The van der Waals surface area contributed by atoms with Crippen molar-refractivity contribution in [3.63, 3.8) is 0 Å². The van der Waals surface area contributed by atoms with E-state index in [0.29, 0.717) is 25.0 Å². The molecule has 0 saturated heterocycles. The Morgan fingerprint density at radius 1 is 1.38 bits per heavy atom. The zero-order valence-electron chi connectivity index (χ0n) is 14.3. The number of halogens is 1. The van der Waals surface area contributed by atoms with Crippen molar-refractivity contribution in [2.75, 3.05) is 32.8 Å². The monoisotopic (exact) mass is 353 g/mol. The molecule has 24 heavy (non-hydrogen) atoms. The lowest BCUT2D eigenvalue weighted by Crippen LogP contribution is -2.39. The molecule has 6 heteroatoms. The number of aliphatic hydroxyl groups excluding tert-OH is 1. The molecule has 5 nitrogen and oxygen atoms in total. The van der Waals surface area contributed by atoms with Crippen molar-refractivity contribution in [1.82, 2.24) is 10.6 Å². The topological polar surface area (TPSA) is 65.9 Å². The molecule has 1 aliphatic carbocycles. The predicted molar refractivity (Wildman–Crippen MR) is 98.7 cm³/mol. The number of ether oxygens (including phenoxy) is 1. The summed E-state index contributed by atoms with van der Waals surface area (Å²) in [4.78, 5) is 4.41. The summed E-state index contributed by atoms with van der Waals surface area (Å²) in [6.07, 6.45) is 2.77. The molecule has 1 atom stereocenters. The quantitative estimate of drug-likeness (QED) is 0.446. The van der Waals surface area contributed by atoms with Crippen LogP contribution in [0.2, 0.25) is 5.02 Å². The van der Waals surface area contributed by atoms with Gasteiger partial charge in [-0.2, -0.15) is 0 Å². The van der Waals surface area contributed by atoms with Gasteiger partial charge in [-0.25, -0.2) is 0 Å². The Morgan fingerprint density at radius 2 is 2.17 bits per heavy atom. The molecule has 0 amide bonds. The van der Waals surface area contributed by atoms with Gasteiger partial charge >= 0.3 is 0 Å². The molecule has 1 aliphatic rings. The first-order chi connectivity index (χ1) is 11.7. The minimum absolute atomic E-state index is 0.325. The van der Waals surface area contributed by atoms with Crippen molar-refractivity contribution in [3.8, 4) is 0 Å². The highest BCUT2D eigenvalue weighted by atomic mass is 35.5. The van der Waals surface area contributed by atoms with Crippen LogP contribution in [-0.4, -0.2) is 50.0 Å². The number of aliphatic imine (C=N–C) groups is 1. The summed E-state index contributed by atoms with van der Waals surface area (Å²) in [6.45, 7) is 4.94. The third-order valence-electron chi connectivity index (χ3n) is 3.81. The van der Waals surface area contributed by atoms with Crippen molar-refractivity contribution < 1.29 is 9.84 Å². The Labute approximate surface area is 149 Å². The van der Waals surface area contributed by atoms with Gasteiger partial charge in [-0.05, 0) is 43.7 Å². The molecule has 0 aromatic heterocycles. The zero-order valence-corrected chi connectivity index (χ0v) is 15.1. The van der Waals surface area contributed by atoms with Crippen molar-refractivity contribution >= 4 is 17.6 Å². The number of guanidine groups is 1. The molecule has 0 heterocycles. The van der Waals surface area contributed by atoms with E-state index >= 15 is 0 Å². The van der Waals surface area contributed by atoms with Crippen LogP contribution in [0.25, 0.3) is 0 Å². The summed E-state index contributed by atoms with van der Waals surface area (Å²) in [5, 5.41) is 17.2. The highest BCUT2D eigenvalue weighted by Crippen LogP contribution is 2.28. The number of nitrogens with one attached hydrogen (secondary N) is 2. The van der Waals surface area contributed by atoms with Gasteiger partial charge in [-0.3, -0.25) is 4.99 Å². The van der Waals surface area contributed by atoms with Crippen LogP contribution in [0.1, 0.15) is 25.3 Å². The van der Waals surface area contributed by atoms with Crippen LogP contribution >= 0.6 is 11.6 Å². The third-order valence-corrected chi connectivity index (χ3v) is 4.18. The van der Waals surface area contributed by atoms with E-state index in [1.54, 1.807) is 0 Å². The fourth-order valence-corrected chi connectivity index (χ4v) is 2.49. The maximum absolute atomic E-state index is 9.93. The van der Waals surface area contributed by atoms with Crippen LogP contribution in [0.4, 0.5) is 0 Å². The Kier molecular flexibility index (Phi) is 8.36. The molecule has 0 bridgehead atoms. The van der Waals surface area contributed by atoms with Gasteiger partial charge in [-0.15, -0.1) is 0 Å². The summed E-state index contributed by atoms with van der Waals surface area (Å²) in [6, 6.07) is 7.83. The Hall–Kier alpha value is -1.30. The first kappa shape index (κ1) is 19.0. The van der Waals surface area contributed by atoms with E-state index in [-0.39, 0.29) is 0 Å². The average molecular weight is 354 g/mol. The number of nitrogens with zero attached hydrogens (tertiary/aromatic N) is 1. The van der Waals surface area contributed by atoms with Crippen LogP contribution in [0.3, 0.4) is 0 Å². The molecule has 1 unspecified atom stereocenters. The maximum Gasteiger partial charge on any atom is 0.191 e. The molecule has 0 radical (unpaired) electrons. The summed E-state index contributed by atoms with van der Waals surface area (Å²) in [5.74, 6) is 1.41. The van der Waals surface area contributed by atoms with Gasteiger partial charge in [0.05, 0.1) is 19.3 Å². The molecule has 1 saturated carbocycles. The maximum atomic E-state index is 9.93. The number of hydrogen-bond acceptors (Lipinski definition) is 3. The minimum atomic E-state index is -0.567. The molecular formula is C18H28ClN3O2. The Balaban J connectivity index is 1.69. The lowest BCUT2D eigenvalue weighted by molar-refractivity contribution is 0.0368. The fourth-order valence-electron chi connectivity index (χ4n) is 2.26. The van der Waals surface area contributed by atoms with E-state index in [0.717, 1.165) is 36.7 Å². The van der Waals surface area contributed by atoms with Gasteiger partial charge in [0.1, 0.15) is 0 Å². The second kappa shape index (κ2) is 10.5. The lowest BCUT2D eigenvalue weighted by Gasteiger charge is -2.13. The molecule has 1 aromatic rings. The number of aliphatic hydroxyl groups is 1. The van der Waals surface area contributed by atoms with Crippen LogP contribution < -0.4 is 10.6 Å². The van der Waals surface area contributed by atoms with Gasteiger partial charge in [0.2, 0.25) is 0 Å². The van der Waals surface area contributed by atoms with E-state index in [2.05, 4.69) is 15.6 Å². The third kappa shape index (κ3) is 7.51. The van der Waals surface area contributed by atoms with Crippen molar-refractivity contribution in [2.24, 2.45) is 10.9 Å². The number of hydrogen-bond donors (Lipinski definition) is 3. The number of benzene rings is 1. The predicted octanol–water partition coefficient (Wildman–Crippen LogP) is 2.23. The lowest BCUT2D eigenvalue weighted by atomic mass is 10.1. The molecule has 0 aliphatic heterocycles. The summed E-state index contributed by atoms with van der Waals surface area (Å²) < 4.78 is 5.49. The van der Waals surface area contributed by atoms with Gasteiger partial charge in [-0.1, -0.05) is 29.8 Å². The molecule has 3 N–H and O–H groups in total. The molecule has 1 aromatic carbocycles. The van der Waals surface area contributed by atoms with Gasteiger partial charge in [0.25, 0.3) is 0 Å². The zero-order chi connectivity index (χ0) is 17.2. The Bertz CT molecular complexity index is 521. The summed E-state index contributed by atoms with van der Waals surface area (Å²) in [5.41, 5.74) is 1.11. The van der Waals surface area contributed by atoms with Crippen LogP contribution in [0.15, 0.2) is 29.3 Å². The van der Waals surface area contributed by atoms with Gasteiger partial charge in [0, 0.05) is 24.7 Å². The average Bonchev–Trinajstić information content (AvgIpc) is 3.38. The van der Waals surface area contributed by atoms with Gasteiger partial charge in [0.15, 0.2) is 5.96 Å². The SMILES string of the molecule is CCNC(=NCC(O)COCC1CC1)NCCc1ccccc1Cl. The van der Waals surface area contributed by atoms with E-state index in [4.69, 9.17) is 16.3 Å². The van der Waals surface area contributed by atoms with Crippen molar-refractivity contribution in [2.45, 2.75) is 32.3 Å². The van der Waals surface area contributed by atoms with Crippen LogP contribution in [0.5, 0.6) is 0 Å². The second-order valence-corrected chi connectivity index (χ2v) is 6.53. The van der Waals surface area contributed by atoms with E-state index in [9.17, 15) is 5.11 Å². The van der Waals surface area contributed by atoms with Crippen LogP contribution in [-0.2, 0) is 11.2 Å². The molecule has 1 fully saturated rings. The number of rotatable bonds is 10. The van der Waals surface area contributed by atoms with Crippen molar-refractivity contribution in [3.05, 3.63) is 34.9 Å². The van der Waals surface area contributed by atoms with Crippen molar-refractivity contribution in [1.29, 1.82) is 0 Å². The smallest absolute Gasteiger partial charge is 0.191 e. The van der Waals surface area contributed by atoms with E-state index in [1.165, 1.54) is 12.8 Å². The van der Waals surface area contributed by atoms with Gasteiger partial charge < -0.3 is 20.5 Å². The summed E-state index contributed by atoms with van der Waals surface area (Å²) in [7, 11) is 0. The Morgan fingerprint density at radius 3 is 2.88 bits per heavy atom. The normalized spacial score (nSPS) is 16.0. The second-order valence-electron chi connectivity index (χ2n) is 6.12. The van der Waals surface area contributed by atoms with E-state index < -0.39 is 6.10 Å². The standard InChI is InChI=1S/C18H28ClN3O2/c1-2-20-18(21-10-9-15-5-3-4-6-17(15)19)22-11-16(23)13-24-12-14-7-8-14/h3-6,14,16,23H,2,7-13H2,1H3,(H2,20,21,22). The highest BCUT2D eigenvalue weighted by molar-refractivity contribution is 6.31. The molecular weight excluding hydrogens is 326 g/mol. The van der Waals surface area contributed by atoms with Crippen LogP contribution in [0, 0.1) is 5.92 Å². The molecule has 2 rings (SSSR count). The fraction of sp³-hybridized carbons (Fsp3) is 0.611. The largest absolute Gasteiger partial charge is 0.389 e. The first-order valence-corrected chi connectivity index (χ1v) is 9.08. The first-order valence-electron chi connectivity index (χ1n) is 8.70. The van der Waals surface area contributed by atoms with E-state index in [1.807, 2.05) is 31.2 Å². The highest BCUT2D eigenvalue weighted by Gasteiger charge is 2.21. The molecule has 134 valence electrons. The summed E-state index contributed by atoms with van der Waals surface area (Å²) >= 11 is 6.16. The minimum Gasteiger partial charge on any atom is -0.389 e. The molecule has 0 spiro atoms.